The lowest BCUT2D eigenvalue weighted by Crippen LogP contribution is -2.56. The second-order valence-electron chi connectivity index (χ2n) is 8.84. The van der Waals surface area contributed by atoms with Gasteiger partial charge in [0.1, 0.15) is 11.6 Å². The smallest absolute Gasteiger partial charge is 0.252 e. The Kier molecular flexibility index (Phi) is 5.65. The van der Waals surface area contributed by atoms with E-state index < -0.39 is 0 Å². The predicted octanol–water partition coefficient (Wildman–Crippen LogP) is 4.50. The van der Waals surface area contributed by atoms with Crippen LogP contribution in [0.2, 0.25) is 0 Å². The Labute approximate surface area is 179 Å². The maximum Gasteiger partial charge on any atom is 0.252 e. The number of rotatable bonds is 5. The first kappa shape index (κ1) is 20.6. The summed E-state index contributed by atoms with van der Waals surface area (Å²) in [7, 11) is 0. The Morgan fingerprint density at radius 1 is 1.23 bits per heavy atom. The Bertz CT molecular complexity index is 955. The van der Waals surface area contributed by atoms with Gasteiger partial charge >= 0.3 is 0 Å². The summed E-state index contributed by atoms with van der Waals surface area (Å²) in [6.45, 7) is 10.1. The van der Waals surface area contributed by atoms with E-state index in [1.54, 1.807) is 6.08 Å². The number of pyridine rings is 1. The fourth-order valence-corrected chi connectivity index (χ4v) is 4.70. The zero-order chi connectivity index (χ0) is 21.3. The summed E-state index contributed by atoms with van der Waals surface area (Å²) in [5.41, 5.74) is 1.90. The van der Waals surface area contributed by atoms with Crippen molar-refractivity contribution in [2.75, 3.05) is 11.4 Å². The molecule has 4 rings (SSSR count). The third-order valence-electron chi connectivity index (χ3n) is 6.06. The number of carbonyl (C=O) groups is 1. The van der Waals surface area contributed by atoms with Crippen LogP contribution in [0.25, 0.3) is 0 Å². The second-order valence-corrected chi connectivity index (χ2v) is 8.84. The standard InChI is InChI=1S/C25H31N3O2/c1-18(2)30-22-9-6-8-21(15-22)17-27-14-13-25(16-20(27)4)12-11-24(29)28(25)23-10-5-7-19(3)26-23/h5-12,15,18,20H,13-14,16-17H2,1-4H3/t20-,25+/m0/s1. The van der Waals surface area contributed by atoms with Crippen LogP contribution in [0.1, 0.15) is 44.9 Å². The summed E-state index contributed by atoms with van der Waals surface area (Å²) in [5.74, 6) is 1.71. The second kappa shape index (κ2) is 8.23. The molecule has 0 unspecified atom stereocenters. The maximum atomic E-state index is 12.7. The lowest BCUT2D eigenvalue weighted by atomic mass is 9.83. The molecule has 2 aliphatic heterocycles. The van der Waals surface area contributed by atoms with Crippen LogP contribution < -0.4 is 9.64 Å². The first-order valence-corrected chi connectivity index (χ1v) is 10.8. The molecule has 0 radical (unpaired) electrons. The van der Waals surface area contributed by atoms with Crippen LogP contribution >= 0.6 is 0 Å². The van der Waals surface area contributed by atoms with Crippen LogP contribution in [0.5, 0.6) is 5.75 Å². The Balaban J connectivity index is 1.50. The molecule has 2 atom stereocenters. The van der Waals surface area contributed by atoms with E-state index in [9.17, 15) is 4.79 Å². The zero-order valence-corrected chi connectivity index (χ0v) is 18.3. The number of ether oxygens (including phenoxy) is 1. The minimum absolute atomic E-state index is 0.0345. The van der Waals surface area contributed by atoms with Crippen molar-refractivity contribution in [1.82, 2.24) is 9.88 Å². The van der Waals surface area contributed by atoms with Gasteiger partial charge in [-0.25, -0.2) is 4.98 Å². The van der Waals surface area contributed by atoms with E-state index >= 15 is 0 Å². The third kappa shape index (κ3) is 4.12. The topological polar surface area (TPSA) is 45.7 Å². The third-order valence-corrected chi connectivity index (χ3v) is 6.06. The van der Waals surface area contributed by atoms with Crippen molar-refractivity contribution < 1.29 is 9.53 Å². The van der Waals surface area contributed by atoms with Crippen LogP contribution in [0.15, 0.2) is 54.6 Å². The molecular formula is C25H31N3O2. The molecule has 1 spiro atoms. The minimum atomic E-state index is -0.281. The Morgan fingerprint density at radius 2 is 2.03 bits per heavy atom. The van der Waals surface area contributed by atoms with Crippen molar-refractivity contribution in [1.29, 1.82) is 0 Å². The number of carbonyl (C=O) groups excluding carboxylic acids is 1. The van der Waals surface area contributed by atoms with Gasteiger partial charge in [0, 0.05) is 30.9 Å². The highest BCUT2D eigenvalue weighted by Crippen LogP contribution is 2.40. The molecule has 1 fully saturated rings. The summed E-state index contributed by atoms with van der Waals surface area (Å²) >= 11 is 0. The van der Waals surface area contributed by atoms with Crippen LogP contribution in [-0.2, 0) is 11.3 Å². The lowest BCUT2D eigenvalue weighted by Gasteiger charge is -2.47. The van der Waals surface area contributed by atoms with E-state index in [-0.39, 0.29) is 17.6 Å². The molecule has 3 heterocycles. The van der Waals surface area contributed by atoms with Gasteiger partial charge in [-0.3, -0.25) is 14.6 Å². The predicted molar refractivity (Wildman–Crippen MR) is 120 cm³/mol. The minimum Gasteiger partial charge on any atom is -0.491 e. The number of piperidine rings is 1. The van der Waals surface area contributed by atoms with Gasteiger partial charge < -0.3 is 4.74 Å². The molecule has 5 nitrogen and oxygen atoms in total. The highest BCUT2D eigenvalue weighted by atomic mass is 16.5. The van der Waals surface area contributed by atoms with Gasteiger partial charge in [0.05, 0.1) is 11.6 Å². The van der Waals surface area contributed by atoms with Crippen molar-refractivity contribution in [3.05, 3.63) is 65.9 Å². The molecule has 0 aliphatic carbocycles. The summed E-state index contributed by atoms with van der Waals surface area (Å²) in [5, 5.41) is 0. The van der Waals surface area contributed by atoms with E-state index in [1.165, 1.54) is 5.56 Å². The number of hydrogen-bond donors (Lipinski definition) is 0. The zero-order valence-electron chi connectivity index (χ0n) is 18.3. The SMILES string of the molecule is Cc1cccc(N2C(=O)C=C[C@]23CCN(Cc2cccc(OC(C)C)c2)[C@@H](C)C3)n1. The summed E-state index contributed by atoms with van der Waals surface area (Å²) in [6, 6.07) is 14.6. The summed E-state index contributed by atoms with van der Waals surface area (Å²) < 4.78 is 5.85. The maximum absolute atomic E-state index is 12.7. The van der Waals surface area contributed by atoms with Crippen molar-refractivity contribution in [2.24, 2.45) is 0 Å². The van der Waals surface area contributed by atoms with E-state index in [0.717, 1.165) is 43.2 Å². The molecule has 1 aromatic carbocycles. The number of amides is 1. The van der Waals surface area contributed by atoms with Crippen LogP contribution in [-0.4, -0.2) is 40.0 Å². The molecule has 0 saturated carbocycles. The van der Waals surface area contributed by atoms with Gasteiger partial charge in [-0.1, -0.05) is 24.3 Å². The molecule has 1 aromatic heterocycles. The van der Waals surface area contributed by atoms with Crippen molar-refractivity contribution in [3.63, 3.8) is 0 Å². The van der Waals surface area contributed by atoms with Gasteiger partial charge in [-0.05, 0) is 70.4 Å². The molecule has 1 saturated heterocycles. The molecule has 5 heteroatoms. The highest BCUT2D eigenvalue weighted by molar-refractivity contribution is 6.05. The lowest BCUT2D eigenvalue weighted by molar-refractivity contribution is -0.114. The number of aromatic nitrogens is 1. The van der Waals surface area contributed by atoms with E-state index in [2.05, 4.69) is 41.1 Å². The molecule has 2 aliphatic rings. The van der Waals surface area contributed by atoms with Crippen molar-refractivity contribution in [3.8, 4) is 5.75 Å². The van der Waals surface area contributed by atoms with E-state index in [4.69, 9.17) is 4.74 Å². The monoisotopic (exact) mass is 405 g/mol. The molecule has 0 bridgehead atoms. The van der Waals surface area contributed by atoms with Gasteiger partial charge in [-0.2, -0.15) is 0 Å². The number of hydrogen-bond acceptors (Lipinski definition) is 4. The van der Waals surface area contributed by atoms with Crippen molar-refractivity contribution >= 4 is 11.7 Å². The molecule has 158 valence electrons. The number of anilines is 1. The molecule has 2 aromatic rings. The van der Waals surface area contributed by atoms with Gasteiger partial charge in [-0.15, -0.1) is 0 Å². The average molecular weight is 406 g/mol. The normalized spacial score (nSPS) is 24.2. The quantitative estimate of drug-likeness (QED) is 0.735. The fourth-order valence-electron chi connectivity index (χ4n) is 4.70. The van der Waals surface area contributed by atoms with Gasteiger partial charge in [0.15, 0.2) is 0 Å². The highest BCUT2D eigenvalue weighted by Gasteiger charge is 2.46. The number of likely N-dealkylation sites (tertiary alicyclic amines) is 1. The molecule has 1 amide bonds. The molecule has 0 N–H and O–H groups in total. The Morgan fingerprint density at radius 3 is 2.77 bits per heavy atom. The largest absolute Gasteiger partial charge is 0.491 e. The number of aryl methyl sites for hydroxylation is 1. The van der Waals surface area contributed by atoms with E-state index in [1.807, 2.05) is 49.9 Å². The van der Waals surface area contributed by atoms with Crippen molar-refractivity contribution in [2.45, 2.75) is 64.8 Å². The summed E-state index contributed by atoms with van der Waals surface area (Å²) in [6.07, 6.45) is 5.79. The first-order valence-electron chi connectivity index (χ1n) is 10.8. The van der Waals surface area contributed by atoms with Crippen LogP contribution in [0.3, 0.4) is 0 Å². The summed E-state index contributed by atoms with van der Waals surface area (Å²) in [4.78, 5) is 21.8. The number of benzene rings is 1. The van der Waals surface area contributed by atoms with Crippen LogP contribution in [0.4, 0.5) is 5.82 Å². The average Bonchev–Trinajstić information content (AvgIpc) is 2.99. The number of nitrogens with zero attached hydrogens (tertiary/aromatic N) is 3. The van der Waals surface area contributed by atoms with Gasteiger partial charge in [0.25, 0.3) is 5.91 Å². The first-order chi connectivity index (χ1) is 14.4. The van der Waals surface area contributed by atoms with Crippen LogP contribution in [0, 0.1) is 6.92 Å². The Hall–Kier alpha value is -2.66. The molecule has 30 heavy (non-hydrogen) atoms. The van der Waals surface area contributed by atoms with E-state index in [0.29, 0.717) is 6.04 Å². The van der Waals surface area contributed by atoms with Gasteiger partial charge in [0.2, 0.25) is 0 Å². The molecular weight excluding hydrogens is 374 g/mol. The fraction of sp³-hybridized carbons (Fsp3) is 0.440.